The molecular formula is C30H27F3N6O6S. The number of thioether (sulfide) groups is 1. The standard InChI is InChI=1S/C30H27F3N6O6S/c1-18-4-5-19(14-42-2)24(12-18)39-27(40)16-46-29(39)36-28(41)35-23-11-10-22(13-25(23)43-3)44-15-26-34-17-38(37-26)20-6-8-21(9-7-20)45-30(31,32)33/h4-13,17H,14-16H2,1-3H3,(H,35,41)/b36-29-. The first-order valence-corrected chi connectivity index (χ1v) is 14.5. The lowest BCUT2D eigenvalue weighted by atomic mass is 10.1. The molecule has 5 rings (SSSR count). The summed E-state index contributed by atoms with van der Waals surface area (Å²) < 4.78 is 59.0. The minimum atomic E-state index is -4.78. The van der Waals surface area contributed by atoms with Gasteiger partial charge in [-0.2, -0.15) is 4.99 Å². The van der Waals surface area contributed by atoms with Crippen LogP contribution in [0.1, 0.15) is 17.0 Å². The molecule has 0 bridgehead atoms. The second-order valence-electron chi connectivity index (χ2n) is 9.71. The molecule has 1 fully saturated rings. The summed E-state index contributed by atoms with van der Waals surface area (Å²) in [5.74, 6) is 0.565. The molecule has 3 amide bonds. The number of methoxy groups -OCH3 is 2. The number of aromatic nitrogens is 3. The zero-order valence-corrected chi connectivity index (χ0v) is 25.5. The van der Waals surface area contributed by atoms with Crippen LogP contribution in [0.4, 0.5) is 29.3 Å². The summed E-state index contributed by atoms with van der Waals surface area (Å²) in [7, 11) is 2.99. The number of hydrogen-bond donors (Lipinski definition) is 1. The smallest absolute Gasteiger partial charge is 0.494 e. The highest BCUT2D eigenvalue weighted by Crippen LogP contribution is 2.33. The van der Waals surface area contributed by atoms with Crippen molar-refractivity contribution in [3.8, 4) is 22.9 Å². The third-order valence-electron chi connectivity index (χ3n) is 6.40. The number of aryl methyl sites for hydroxylation is 1. The average Bonchev–Trinajstić information content (AvgIpc) is 3.63. The minimum Gasteiger partial charge on any atom is -0.494 e. The van der Waals surface area contributed by atoms with E-state index in [9.17, 15) is 22.8 Å². The Balaban J connectivity index is 1.23. The lowest BCUT2D eigenvalue weighted by molar-refractivity contribution is -0.274. The second kappa shape index (κ2) is 13.9. The highest BCUT2D eigenvalue weighted by atomic mass is 32.2. The molecule has 0 atom stereocenters. The number of alkyl halides is 3. The van der Waals surface area contributed by atoms with Crippen molar-refractivity contribution < 1.29 is 41.7 Å². The molecule has 0 aliphatic carbocycles. The fourth-order valence-electron chi connectivity index (χ4n) is 4.37. The maximum atomic E-state index is 13.0. The SMILES string of the molecule is COCc1ccc(C)cc1N1C(=O)CS/C1=N\C(=O)Nc1ccc(OCc2ncn(-c3ccc(OC(F)(F)F)cc3)n2)cc1OC. The van der Waals surface area contributed by atoms with E-state index < -0.39 is 12.4 Å². The fraction of sp³-hybridized carbons (Fsp3) is 0.233. The molecule has 12 nitrogen and oxygen atoms in total. The van der Waals surface area contributed by atoms with Crippen LogP contribution in [0.2, 0.25) is 0 Å². The number of rotatable bonds is 10. The number of anilines is 2. The maximum absolute atomic E-state index is 13.0. The molecule has 46 heavy (non-hydrogen) atoms. The van der Waals surface area contributed by atoms with Crippen LogP contribution in [-0.4, -0.2) is 58.2 Å². The number of benzene rings is 3. The number of amidine groups is 1. The third-order valence-corrected chi connectivity index (χ3v) is 7.32. The first kappa shape index (κ1) is 32.3. The Bertz CT molecular complexity index is 1760. The van der Waals surface area contributed by atoms with Crippen LogP contribution in [0.15, 0.2) is 72.0 Å². The molecule has 3 aromatic carbocycles. The third kappa shape index (κ3) is 7.94. The van der Waals surface area contributed by atoms with Crippen LogP contribution in [0.25, 0.3) is 5.69 Å². The molecule has 0 saturated carbocycles. The lowest BCUT2D eigenvalue weighted by Gasteiger charge is -2.20. The Kier molecular flexibility index (Phi) is 9.77. The van der Waals surface area contributed by atoms with E-state index in [0.29, 0.717) is 34.4 Å². The predicted octanol–water partition coefficient (Wildman–Crippen LogP) is 5.88. The van der Waals surface area contributed by atoms with E-state index in [2.05, 4.69) is 25.1 Å². The van der Waals surface area contributed by atoms with Crippen LogP contribution >= 0.6 is 11.8 Å². The first-order chi connectivity index (χ1) is 22.0. The molecule has 1 aliphatic heterocycles. The van der Waals surface area contributed by atoms with Crippen molar-refractivity contribution in [2.75, 3.05) is 30.2 Å². The van der Waals surface area contributed by atoms with Crippen molar-refractivity contribution in [3.05, 3.63) is 83.9 Å². The summed E-state index contributed by atoms with van der Waals surface area (Å²) in [6.45, 7) is 2.16. The molecule has 2 heterocycles. The number of carbonyl (C=O) groups is 2. The zero-order valence-electron chi connectivity index (χ0n) is 24.7. The van der Waals surface area contributed by atoms with E-state index in [-0.39, 0.29) is 35.8 Å². The zero-order chi connectivity index (χ0) is 32.8. The van der Waals surface area contributed by atoms with E-state index in [1.807, 2.05) is 25.1 Å². The number of nitrogens with zero attached hydrogens (tertiary/aromatic N) is 5. The normalized spacial score (nSPS) is 14.1. The van der Waals surface area contributed by atoms with Gasteiger partial charge in [0.2, 0.25) is 5.91 Å². The highest BCUT2D eigenvalue weighted by molar-refractivity contribution is 8.15. The van der Waals surface area contributed by atoms with Gasteiger partial charge >= 0.3 is 12.4 Å². The summed E-state index contributed by atoms with van der Waals surface area (Å²) in [4.78, 5) is 35.5. The summed E-state index contributed by atoms with van der Waals surface area (Å²) in [6.07, 6.45) is -3.39. The van der Waals surface area contributed by atoms with Gasteiger partial charge in [0, 0.05) is 18.7 Å². The van der Waals surface area contributed by atoms with E-state index >= 15 is 0 Å². The van der Waals surface area contributed by atoms with Gasteiger partial charge < -0.3 is 24.3 Å². The summed E-state index contributed by atoms with van der Waals surface area (Å²) in [5.41, 5.74) is 3.12. The van der Waals surface area contributed by atoms with Crippen molar-refractivity contribution in [1.82, 2.24) is 14.8 Å². The predicted molar refractivity (Wildman–Crippen MR) is 164 cm³/mol. The summed E-state index contributed by atoms with van der Waals surface area (Å²) in [5, 5.41) is 7.20. The van der Waals surface area contributed by atoms with E-state index in [1.165, 1.54) is 47.3 Å². The van der Waals surface area contributed by atoms with Gasteiger partial charge in [-0.15, -0.1) is 18.3 Å². The van der Waals surface area contributed by atoms with Crippen molar-refractivity contribution in [2.24, 2.45) is 4.99 Å². The van der Waals surface area contributed by atoms with Gasteiger partial charge in [-0.1, -0.05) is 23.9 Å². The number of urea groups is 1. The van der Waals surface area contributed by atoms with Crippen LogP contribution in [0.5, 0.6) is 17.2 Å². The topological polar surface area (TPSA) is 129 Å². The summed E-state index contributed by atoms with van der Waals surface area (Å²) >= 11 is 1.16. The van der Waals surface area contributed by atoms with Gasteiger partial charge in [0.05, 0.1) is 36.5 Å². The number of nitrogens with one attached hydrogen (secondary N) is 1. The van der Waals surface area contributed by atoms with E-state index in [0.717, 1.165) is 22.9 Å². The molecule has 1 aliphatic rings. The van der Waals surface area contributed by atoms with Crippen LogP contribution in [-0.2, 0) is 22.7 Å². The quantitative estimate of drug-likeness (QED) is 0.223. The van der Waals surface area contributed by atoms with Crippen molar-refractivity contribution in [1.29, 1.82) is 0 Å². The molecule has 0 spiro atoms. The maximum Gasteiger partial charge on any atom is 0.573 e. The number of hydrogen-bond acceptors (Lipinski definition) is 9. The Hall–Kier alpha value is -5.09. The largest absolute Gasteiger partial charge is 0.573 e. The monoisotopic (exact) mass is 656 g/mol. The van der Waals surface area contributed by atoms with Crippen molar-refractivity contribution >= 4 is 40.2 Å². The molecule has 240 valence electrons. The van der Waals surface area contributed by atoms with Crippen LogP contribution < -0.4 is 24.4 Å². The lowest BCUT2D eigenvalue weighted by Crippen LogP contribution is -2.31. The van der Waals surface area contributed by atoms with Gasteiger partial charge in [0.25, 0.3) is 0 Å². The van der Waals surface area contributed by atoms with Gasteiger partial charge in [-0.05, 0) is 55.0 Å². The molecule has 0 unspecified atom stereocenters. The van der Waals surface area contributed by atoms with Crippen LogP contribution in [0.3, 0.4) is 0 Å². The second-order valence-corrected chi connectivity index (χ2v) is 10.6. The average molecular weight is 657 g/mol. The highest BCUT2D eigenvalue weighted by Gasteiger charge is 2.32. The Morgan fingerprint density at radius 3 is 2.52 bits per heavy atom. The number of carbonyl (C=O) groups excluding carboxylic acids is 2. The van der Waals surface area contributed by atoms with Gasteiger partial charge in [-0.25, -0.2) is 14.5 Å². The van der Waals surface area contributed by atoms with Gasteiger partial charge in [-0.3, -0.25) is 9.69 Å². The molecular weight excluding hydrogens is 629 g/mol. The molecule has 1 saturated heterocycles. The molecule has 1 aromatic heterocycles. The summed E-state index contributed by atoms with van der Waals surface area (Å²) in [6, 6.07) is 14.8. The number of aliphatic imine (C=N–C) groups is 1. The molecule has 4 aromatic rings. The fourth-order valence-corrected chi connectivity index (χ4v) is 5.23. The van der Waals surface area contributed by atoms with Gasteiger partial charge in [0.15, 0.2) is 11.0 Å². The Labute approximate surface area is 265 Å². The Morgan fingerprint density at radius 2 is 1.80 bits per heavy atom. The van der Waals surface area contributed by atoms with Crippen molar-refractivity contribution in [3.63, 3.8) is 0 Å². The number of halogens is 3. The van der Waals surface area contributed by atoms with E-state index in [4.69, 9.17) is 14.2 Å². The van der Waals surface area contributed by atoms with E-state index in [1.54, 1.807) is 25.3 Å². The number of ether oxygens (including phenoxy) is 4. The minimum absolute atomic E-state index is 0.0319. The van der Waals surface area contributed by atoms with Gasteiger partial charge in [0.1, 0.15) is 30.2 Å². The first-order valence-electron chi connectivity index (χ1n) is 13.5. The molecule has 16 heteroatoms. The Morgan fingerprint density at radius 1 is 1.04 bits per heavy atom. The molecule has 1 N–H and O–H groups in total. The van der Waals surface area contributed by atoms with Crippen molar-refractivity contribution in [2.45, 2.75) is 26.5 Å². The van der Waals surface area contributed by atoms with Crippen LogP contribution in [0, 0.1) is 6.92 Å². The number of amides is 3. The molecule has 0 radical (unpaired) electrons.